The molecule has 0 bridgehead atoms. The van der Waals surface area contributed by atoms with Crippen molar-refractivity contribution in [1.82, 2.24) is 0 Å². The summed E-state index contributed by atoms with van der Waals surface area (Å²) >= 11 is 0. The molecule has 236 valence electrons. The van der Waals surface area contributed by atoms with E-state index in [2.05, 4.69) is 38.2 Å². The normalized spacial score (nSPS) is 21.1. The van der Waals surface area contributed by atoms with Crippen molar-refractivity contribution in [1.29, 1.82) is 0 Å². The monoisotopic (exact) mass is 561 g/mol. The highest BCUT2D eigenvalue weighted by atomic mass is 16.5. The summed E-state index contributed by atoms with van der Waals surface area (Å²) in [5.74, 6) is 3.18. The molecule has 0 aromatic heterocycles. The van der Waals surface area contributed by atoms with Crippen LogP contribution in [-0.4, -0.2) is 27.4 Å². The lowest BCUT2D eigenvalue weighted by atomic mass is 9.66. The lowest BCUT2D eigenvalue weighted by molar-refractivity contribution is 0.191. The molecule has 0 radical (unpaired) electrons. The number of ether oxygens (including phenoxy) is 2. The maximum atomic E-state index is 5.22. The minimum Gasteiger partial charge on any atom is -0.385 e. The highest BCUT2D eigenvalue weighted by Crippen LogP contribution is 2.43. The molecule has 0 spiro atoms. The Morgan fingerprint density at radius 3 is 1.52 bits per heavy atom. The smallest absolute Gasteiger partial charge is 0.0462 e. The predicted molar refractivity (Wildman–Crippen MR) is 178 cm³/mol. The molecule has 2 nitrogen and oxygen atoms in total. The van der Waals surface area contributed by atoms with Gasteiger partial charge in [0.25, 0.3) is 0 Å². The van der Waals surface area contributed by atoms with Gasteiger partial charge in [-0.3, -0.25) is 0 Å². The van der Waals surface area contributed by atoms with Gasteiger partial charge in [0.2, 0.25) is 0 Å². The van der Waals surface area contributed by atoms with Crippen molar-refractivity contribution < 1.29 is 9.47 Å². The lowest BCUT2D eigenvalue weighted by Gasteiger charge is -2.39. The molecule has 0 N–H and O–H groups in total. The molecule has 0 heterocycles. The van der Waals surface area contributed by atoms with Crippen LogP contribution < -0.4 is 0 Å². The van der Waals surface area contributed by atoms with Crippen molar-refractivity contribution in [3.8, 4) is 0 Å². The molecule has 0 aromatic carbocycles. The largest absolute Gasteiger partial charge is 0.385 e. The lowest BCUT2D eigenvalue weighted by Crippen LogP contribution is -2.30. The number of unbranched alkanes of at least 4 members (excludes halogenated alkanes) is 17. The quantitative estimate of drug-likeness (QED) is 0.0669. The van der Waals surface area contributed by atoms with Crippen molar-refractivity contribution in [2.24, 2.45) is 23.7 Å². The van der Waals surface area contributed by atoms with Gasteiger partial charge in [0.05, 0.1) is 0 Å². The third-order valence-electron chi connectivity index (χ3n) is 9.39. The van der Waals surface area contributed by atoms with Gasteiger partial charge in [0.15, 0.2) is 0 Å². The van der Waals surface area contributed by atoms with Crippen LogP contribution in [0.15, 0.2) is 24.3 Å². The molecule has 0 amide bonds. The predicted octanol–water partition coefficient (Wildman–Crippen LogP) is 12.3. The Morgan fingerprint density at radius 1 is 0.500 bits per heavy atom. The molecule has 0 saturated heterocycles. The minimum atomic E-state index is 0.758. The van der Waals surface area contributed by atoms with Gasteiger partial charge >= 0.3 is 0 Å². The van der Waals surface area contributed by atoms with E-state index in [9.17, 15) is 0 Å². The average Bonchev–Trinajstić information content (AvgIpc) is 2.97. The molecule has 0 aromatic rings. The van der Waals surface area contributed by atoms with Gasteiger partial charge in [0.1, 0.15) is 0 Å². The Hall–Kier alpha value is -0.600. The van der Waals surface area contributed by atoms with Crippen molar-refractivity contribution in [3.63, 3.8) is 0 Å². The van der Waals surface area contributed by atoms with Gasteiger partial charge in [-0.25, -0.2) is 0 Å². The maximum Gasteiger partial charge on any atom is 0.0462 e. The second kappa shape index (κ2) is 28.5. The van der Waals surface area contributed by atoms with E-state index in [1.807, 2.05) is 14.2 Å². The molecule has 0 saturated carbocycles. The van der Waals surface area contributed by atoms with E-state index >= 15 is 0 Å². The van der Waals surface area contributed by atoms with Crippen molar-refractivity contribution in [3.05, 3.63) is 24.3 Å². The zero-order chi connectivity index (χ0) is 28.9. The van der Waals surface area contributed by atoms with E-state index in [-0.39, 0.29) is 0 Å². The molecule has 40 heavy (non-hydrogen) atoms. The topological polar surface area (TPSA) is 18.5 Å². The molecule has 2 heteroatoms. The van der Waals surface area contributed by atoms with Crippen molar-refractivity contribution in [2.75, 3.05) is 27.4 Å². The Morgan fingerprint density at radius 2 is 0.950 bits per heavy atom. The number of hydrogen-bond acceptors (Lipinski definition) is 2. The van der Waals surface area contributed by atoms with E-state index in [4.69, 9.17) is 9.47 Å². The van der Waals surface area contributed by atoms with Gasteiger partial charge in [-0.1, -0.05) is 147 Å². The van der Waals surface area contributed by atoms with E-state index in [0.29, 0.717) is 0 Å². The summed E-state index contributed by atoms with van der Waals surface area (Å²) in [5.41, 5.74) is 0. The summed E-state index contributed by atoms with van der Waals surface area (Å²) in [6.07, 6.45) is 43.6. The summed E-state index contributed by atoms with van der Waals surface area (Å²) in [6.45, 7) is 6.53. The van der Waals surface area contributed by atoms with Gasteiger partial charge in [0, 0.05) is 27.4 Å². The molecular weight excluding hydrogens is 488 g/mol. The third-order valence-corrected chi connectivity index (χ3v) is 9.39. The van der Waals surface area contributed by atoms with E-state index in [1.165, 1.54) is 154 Å². The van der Waals surface area contributed by atoms with E-state index in [1.54, 1.807) is 0 Å². The van der Waals surface area contributed by atoms with Crippen LogP contribution in [0, 0.1) is 23.7 Å². The van der Waals surface area contributed by atoms with Crippen LogP contribution >= 0.6 is 0 Å². The molecular formula is C38H72O2. The van der Waals surface area contributed by atoms with Crippen LogP contribution in [0.3, 0.4) is 0 Å². The Balaban J connectivity index is 2.71. The van der Waals surface area contributed by atoms with E-state index < -0.39 is 0 Å². The first-order chi connectivity index (χ1) is 19.8. The molecule has 4 unspecified atom stereocenters. The van der Waals surface area contributed by atoms with Gasteiger partial charge in [-0.05, 0) is 68.6 Å². The van der Waals surface area contributed by atoms with E-state index in [0.717, 1.165) is 36.9 Å². The number of allylic oxidation sites excluding steroid dienone is 4. The maximum absolute atomic E-state index is 5.22. The van der Waals surface area contributed by atoms with Crippen LogP contribution in [0.1, 0.15) is 168 Å². The van der Waals surface area contributed by atoms with Gasteiger partial charge in [-0.15, -0.1) is 0 Å². The molecule has 1 aliphatic rings. The molecule has 4 atom stereocenters. The summed E-state index contributed by atoms with van der Waals surface area (Å²) in [6, 6.07) is 0. The Labute approximate surface area is 252 Å². The Kier molecular flexibility index (Phi) is 26.7. The summed E-state index contributed by atoms with van der Waals surface area (Å²) < 4.78 is 10.4. The molecule has 1 aliphatic carbocycles. The third kappa shape index (κ3) is 19.5. The number of methoxy groups -OCH3 is 2. The van der Waals surface area contributed by atoms with Crippen LogP contribution in [0.5, 0.6) is 0 Å². The fourth-order valence-corrected chi connectivity index (χ4v) is 6.87. The summed E-state index contributed by atoms with van der Waals surface area (Å²) in [5, 5.41) is 0. The van der Waals surface area contributed by atoms with Crippen molar-refractivity contribution >= 4 is 0 Å². The van der Waals surface area contributed by atoms with Crippen LogP contribution in [0.2, 0.25) is 0 Å². The highest BCUT2D eigenvalue weighted by molar-refractivity contribution is 5.10. The summed E-state index contributed by atoms with van der Waals surface area (Å²) in [4.78, 5) is 0. The zero-order valence-electron chi connectivity index (χ0n) is 27.8. The van der Waals surface area contributed by atoms with Gasteiger partial charge in [-0.2, -0.15) is 0 Å². The first kappa shape index (κ1) is 37.4. The Bertz CT molecular complexity index is 568. The molecule has 0 aliphatic heterocycles. The fourth-order valence-electron chi connectivity index (χ4n) is 6.87. The number of rotatable bonds is 29. The summed E-state index contributed by atoms with van der Waals surface area (Å²) in [7, 11) is 3.64. The second-order valence-corrected chi connectivity index (χ2v) is 12.9. The van der Waals surface area contributed by atoms with Gasteiger partial charge < -0.3 is 9.47 Å². The molecule has 1 rings (SSSR count). The minimum absolute atomic E-state index is 0.758. The van der Waals surface area contributed by atoms with Crippen LogP contribution in [0.4, 0.5) is 0 Å². The zero-order valence-corrected chi connectivity index (χ0v) is 27.8. The first-order valence-electron chi connectivity index (χ1n) is 18.1. The second-order valence-electron chi connectivity index (χ2n) is 12.9. The average molecular weight is 561 g/mol. The van der Waals surface area contributed by atoms with Crippen LogP contribution in [0.25, 0.3) is 0 Å². The highest BCUT2D eigenvalue weighted by Gasteiger charge is 2.33. The van der Waals surface area contributed by atoms with Crippen molar-refractivity contribution in [2.45, 2.75) is 168 Å². The SMILES string of the molecule is CCCCCCC1C=CC(CCCCCCCCOC)C(/C=C/CCCCCCCCOC)C1CCCCCC. The molecule has 0 fully saturated rings. The van der Waals surface area contributed by atoms with Crippen LogP contribution in [-0.2, 0) is 9.47 Å². The first-order valence-corrected chi connectivity index (χ1v) is 18.1. The standard InChI is InChI=1S/C38H72O2/c1-5-7-9-21-27-35-31-32-36(28-22-17-14-16-20-26-34-40-4)38(37(35)29-23-10-8-6-2)30-24-18-13-11-12-15-19-25-33-39-3/h24,30-32,35-38H,5-23,25-29,33-34H2,1-4H3/b30-24+. The fraction of sp³-hybridized carbons (Fsp3) is 0.895. The number of hydrogen-bond donors (Lipinski definition) is 0.